The molecule has 0 radical (unpaired) electrons. The van der Waals surface area contributed by atoms with Crippen molar-refractivity contribution in [3.05, 3.63) is 16.1 Å². The van der Waals surface area contributed by atoms with Crippen LogP contribution in [0.3, 0.4) is 0 Å². The van der Waals surface area contributed by atoms with E-state index in [1.165, 1.54) is 55.8 Å². The number of fused-ring (bicyclic) bond motifs is 1. The number of nitrogens with one attached hydrogen (secondary N) is 1. The lowest BCUT2D eigenvalue weighted by Gasteiger charge is -2.31. The van der Waals surface area contributed by atoms with E-state index in [-0.39, 0.29) is 0 Å². The normalized spacial score (nSPS) is 26.9. The highest BCUT2D eigenvalue weighted by Crippen LogP contribution is 2.36. The third-order valence-electron chi connectivity index (χ3n) is 4.79. The van der Waals surface area contributed by atoms with Gasteiger partial charge in [0.15, 0.2) is 0 Å². The minimum Gasteiger partial charge on any atom is -0.310 e. The molecule has 1 saturated carbocycles. The molecule has 4 heteroatoms. The minimum absolute atomic E-state index is 0.854. The third kappa shape index (κ3) is 3.41. The molecule has 1 aromatic heterocycles. The molecule has 2 atom stereocenters. The number of hydrogen-bond donors (Lipinski definition) is 1. The standard InChI is InChI=1S/C16H27N3S/c1-2-8-17-10-16-18-14(12-20-16)11-19-9-7-13-5-3-4-6-15(13)19/h12-13,15,17H,2-11H2,1H3. The number of rotatable bonds is 6. The minimum atomic E-state index is 0.854. The molecule has 1 aromatic rings. The van der Waals surface area contributed by atoms with Gasteiger partial charge in [0.25, 0.3) is 0 Å². The fourth-order valence-corrected chi connectivity index (χ4v) is 4.54. The second-order valence-electron chi connectivity index (χ2n) is 6.28. The molecule has 0 bridgehead atoms. The Morgan fingerprint density at radius 2 is 2.25 bits per heavy atom. The van der Waals surface area contributed by atoms with E-state index < -0.39 is 0 Å². The maximum atomic E-state index is 4.80. The number of thiazole rings is 1. The molecule has 2 heterocycles. The lowest BCUT2D eigenvalue weighted by Crippen LogP contribution is -2.34. The maximum Gasteiger partial charge on any atom is 0.107 e. The van der Waals surface area contributed by atoms with Gasteiger partial charge in [0.05, 0.1) is 5.69 Å². The Morgan fingerprint density at radius 3 is 3.15 bits per heavy atom. The predicted octanol–water partition coefficient (Wildman–Crippen LogP) is 3.41. The summed E-state index contributed by atoms with van der Waals surface area (Å²) in [6.45, 7) is 6.59. The Labute approximate surface area is 126 Å². The summed E-state index contributed by atoms with van der Waals surface area (Å²) < 4.78 is 0. The number of aromatic nitrogens is 1. The van der Waals surface area contributed by atoms with Crippen LogP contribution >= 0.6 is 11.3 Å². The Bertz CT molecular complexity index is 418. The lowest BCUT2D eigenvalue weighted by atomic mass is 9.85. The average molecular weight is 293 g/mol. The quantitative estimate of drug-likeness (QED) is 0.815. The second-order valence-corrected chi connectivity index (χ2v) is 7.22. The van der Waals surface area contributed by atoms with Crippen LogP contribution in [0.5, 0.6) is 0 Å². The van der Waals surface area contributed by atoms with Gasteiger partial charge in [-0.25, -0.2) is 4.98 Å². The first-order valence-corrected chi connectivity index (χ1v) is 9.13. The number of likely N-dealkylation sites (tertiary alicyclic amines) is 1. The predicted molar refractivity (Wildman–Crippen MR) is 84.9 cm³/mol. The van der Waals surface area contributed by atoms with Crippen LogP contribution in [-0.2, 0) is 13.1 Å². The van der Waals surface area contributed by atoms with Crippen molar-refractivity contribution in [2.24, 2.45) is 5.92 Å². The zero-order valence-electron chi connectivity index (χ0n) is 12.6. The first-order chi connectivity index (χ1) is 9.86. The van der Waals surface area contributed by atoms with Crippen molar-refractivity contribution in [2.75, 3.05) is 13.1 Å². The Kier molecular flexibility index (Phi) is 5.08. The molecule has 0 spiro atoms. The first kappa shape index (κ1) is 14.5. The summed E-state index contributed by atoms with van der Waals surface area (Å²) in [7, 11) is 0. The number of nitrogens with zero attached hydrogens (tertiary/aromatic N) is 2. The van der Waals surface area contributed by atoms with Gasteiger partial charge in [0.1, 0.15) is 5.01 Å². The van der Waals surface area contributed by atoms with Crippen LogP contribution in [0, 0.1) is 5.92 Å². The Hall–Kier alpha value is -0.450. The van der Waals surface area contributed by atoms with Crippen LogP contribution in [0.1, 0.15) is 56.2 Å². The van der Waals surface area contributed by atoms with E-state index in [1.807, 2.05) is 11.3 Å². The average Bonchev–Trinajstić information content (AvgIpc) is 3.08. The van der Waals surface area contributed by atoms with Crippen molar-refractivity contribution in [3.63, 3.8) is 0 Å². The monoisotopic (exact) mass is 293 g/mol. The van der Waals surface area contributed by atoms with Crippen molar-refractivity contribution < 1.29 is 0 Å². The molecule has 1 aliphatic carbocycles. The van der Waals surface area contributed by atoms with Crippen LogP contribution < -0.4 is 5.32 Å². The van der Waals surface area contributed by atoms with E-state index >= 15 is 0 Å². The molecular weight excluding hydrogens is 266 g/mol. The molecule has 20 heavy (non-hydrogen) atoms. The van der Waals surface area contributed by atoms with E-state index in [0.29, 0.717) is 0 Å². The first-order valence-electron chi connectivity index (χ1n) is 8.25. The van der Waals surface area contributed by atoms with Crippen LogP contribution in [0.25, 0.3) is 0 Å². The smallest absolute Gasteiger partial charge is 0.107 e. The summed E-state index contributed by atoms with van der Waals surface area (Å²) in [5.41, 5.74) is 1.29. The van der Waals surface area contributed by atoms with Crippen LogP contribution in [0.2, 0.25) is 0 Å². The molecular formula is C16H27N3S. The van der Waals surface area contributed by atoms with Crippen LogP contribution in [0.15, 0.2) is 5.38 Å². The highest BCUT2D eigenvalue weighted by atomic mass is 32.1. The van der Waals surface area contributed by atoms with E-state index in [0.717, 1.165) is 31.6 Å². The zero-order valence-corrected chi connectivity index (χ0v) is 13.4. The molecule has 1 saturated heterocycles. The summed E-state index contributed by atoms with van der Waals surface area (Å²) in [4.78, 5) is 7.49. The summed E-state index contributed by atoms with van der Waals surface area (Å²) in [5.74, 6) is 0.980. The number of hydrogen-bond acceptors (Lipinski definition) is 4. The van der Waals surface area contributed by atoms with Gasteiger partial charge in [0, 0.05) is 24.5 Å². The molecule has 3 nitrogen and oxygen atoms in total. The van der Waals surface area contributed by atoms with E-state index in [1.54, 1.807) is 0 Å². The molecule has 2 fully saturated rings. The zero-order chi connectivity index (χ0) is 13.8. The molecule has 0 amide bonds. The van der Waals surface area contributed by atoms with Gasteiger partial charge in [-0.2, -0.15) is 0 Å². The van der Waals surface area contributed by atoms with Gasteiger partial charge >= 0.3 is 0 Å². The molecule has 2 aliphatic rings. The summed E-state index contributed by atoms with van der Waals surface area (Å²) in [5, 5.41) is 6.94. The van der Waals surface area contributed by atoms with Gasteiger partial charge in [-0.3, -0.25) is 4.90 Å². The van der Waals surface area contributed by atoms with E-state index in [4.69, 9.17) is 4.98 Å². The van der Waals surface area contributed by atoms with E-state index in [2.05, 4.69) is 22.5 Å². The van der Waals surface area contributed by atoms with Crippen molar-refractivity contribution in [1.82, 2.24) is 15.2 Å². The Balaban J connectivity index is 1.52. The molecule has 1 aliphatic heterocycles. The van der Waals surface area contributed by atoms with Crippen LogP contribution in [0.4, 0.5) is 0 Å². The largest absolute Gasteiger partial charge is 0.310 e. The summed E-state index contributed by atoms with van der Waals surface area (Å²) in [6.07, 6.45) is 8.37. The summed E-state index contributed by atoms with van der Waals surface area (Å²) in [6, 6.07) is 0.854. The Morgan fingerprint density at radius 1 is 1.35 bits per heavy atom. The molecule has 0 aromatic carbocycles. The molecule has 112 valence electrons. The third-order valence-corrected chi connectivity index (χ3v) is 5.69. The summed E-state index contributed by atoms with van der Waals surface area (Å²) >= 11 is 1.81. The topological polar surface area (TPSA) is 28.2 Å². The molecule has 1 N–H and O–H groups in total. The SMILES string of the molecule is CCCNCc1nc(CN2CCC3CCCCC32)cs1. The molecule has 3 rings (SSSR count). The van der Waals surface area contributed by atoms with Crippen molar-refractivity contribution >= 4 is 11.3 Å². The second kappa shape index (κ2) is 7.01. The van der Waals surface area contributed by atoms with Crippen molar-refractivity contribution in [1.29, 1.82) is 0 Å². The van der Waals surface area contributed by atoms with Crippen molar-refractivity contribution in [2.45, 2.75) is 64.6 Å². The fourth-order valence-electron chi connectivity index (χ4n) is 3.78. The van der Waals surface area contributed by atoms with Gasteiger partial charge < -0.3 is 5.32 Å². The van der Waals surface area contributed by atoms with Gasteiger partial charge in [0.2, 0.25) is 0 Å². The van der Waals surface area contributed by atoms with Gasteiger partial charge in [-0.05, 0) is 44.7 Å². The maximum absolute atomic E-state index is 4.80. The molecule has 2 unspecified atom stereocenters. The van der Waals surface area contributed by atoms with Gasteiger partial charge in [-0.15, -0.1) is 11.3 Å². The fraction of sp³-hybridized carbons (Fsp3) is 0.812. The van der Waals surface area contributed by atoms with E-state index in [9.17, 15) is 0 Å². The van der Waals surface area contributed by atoms with Gasteiger partial charge in [-0.1, -0.05) is 19.8 Å². The highest BCUT2D eigenvalue weighted by molar-refractivity contribution is 7.09. The lowest BCUT2D eigenvalue weighted by molar-refractivity contribution is 0.174. The van der Waals surface area contributed by atoms with Crippen LogP contribution in [-0.4, -0.2) is 29.0 Å². The van der Waals surface area contributed by atoms with Crippen molar-refractivity contribution in [3.8, 4) is 0 Å². The highest BCUT2D eigenvalue weighted by Gasteiger charge is 2.35.